The molecule has 2 heterocycles. The maximum absolute atomic E-state index is 13.3. The molecular formula is C22H22N4O4. The highest BCUT2D eigenvalue weighted by Crippen LogP contribution is 2.27. The number of likely N-dealkylation sites (tertiary alicyclic amines) is 1. The highest BCUT2D eigenvalue weighted by Gasteiger charge is 2.24. The van der Waals surface area contributed by atoms with Crippen molar-refractivity contribution in [2.45, 2.75) is 19.3 Å². The summed E-state index contributed by atoms with van der Waals surface area (Å²) < 4.78 is 6.80. The fourth-order valence-corrected chi connectivity index (χ4v) is 3.65. The normalized spacial score (nSPS) is 13.8. The highest BCUT2D eigenvalue weighted by molar-refractivity contribution is 5.94. The highest BCUT2D eigenvalue weighted by atomic mass is 16.6. The van der Waals surface area contributed by atoms with Gasteiger partial charge < -0.3 is 9.64 Å². The number of methoxy groups -OCH3 is 1. The molecule has 1 fully saturated rings. The van der Waals surface area contributed by atoms with E-state index in [-0.39, 0.29) is 11.6 Å². The molecule has 3 aromatic rings. The Labute approximate surface area is 173 Å². The van der Waals surface area contributed by atoms with Gasteiger partial charge in [-0.25, -0.2) is 4.68 Å². The summed E-state index contributed by atoms with van der Waals surface area (Å²) in [5, 5.41) is 15.9. The van der Waals surface area contributed by atoms with Crippen LogP contribution in [0.25, 0.3) is 16.9 Å². The monoisotopic (exact) mass is 406 g/mol. The van der Waals surface area contributed by atoms with Crippen molar-refractivity contribution in [3.63, 3.8) is 0 Å². The van der Waals surface area contributed by atoms with E-state index in [0.29, 0.717) is 35.9 Å². The SMILES string of the molecule is COc1cccc(-c2cc(C(=O)N3CCCCC3)n(-c3cccc([N+](=O)[O-])c3)n2)c1. The Morgan fingerprint density at radius 2 is 1.83 bits per heavy atom. The number of nitrogens with zero attached hydrogens (tertiary/aromatic N) is 4. The quantitative estimate of drug-likeness (QED) is 0.470. The number of aromatic nitrogens is 2. The Kier molecular flexibility index (Phi) is 5.47. The van der Waals surface area contributed by atoms with E-state index in [1.807, 2.05) is 29.2 Å². The summed E-state index contributed by atoms with van der Waals surface area (Å²) in [5.74, 6) is 0.559. The maximum atomic E-state index is 13.3. The average molecular weight is 406 g/mol. The molecule has 0 spiro atoms. The summed E-state index contributed by atoms with van der Waals surface area (Å²) in [6.07, 6.45) is 3.06. The van der Waals surface area contributed by atoms with Crippen LogP contribution in [0.1, 0.15) is 29.8 Å². The average Bonchev–Trinajstić information content (AvgIpc) is 3.25. The van der Waals surface area contributed by atoms with Gasteiger partial charge in [0.2, 0.25) is 0 Å². The maximum Gasteiger partial charge on any atom is 0.272 e. The summed E-state index contributed by atoms with van der Waals surface area (Å²) >= 11 is 0. The number of amides is 1. The van der Waals surface area contributed by atoms with Crippen molar-refractivity contribution in [1.29, 1.82) is 0 Å². The van der Waals surface area contributed by atoms with Crippen LogP contribution < -0.4 is 4.74 Å². The van der Waals surface area contributed by atoms with E-state index in [9.17, 15) is 14.9 Å². The second-order valence-corrected chi connectivity index (χ2v) is 7.19. The first kappa shape index (κ1) is 19.6. The van der Waals surface area contributed by atoms with Gasteiger partial charge in [0, 0.05) is 30.8 Å². The third-order valence-corrected chi connectivity index (χ3v) is 5.22. The van der Waals surface area contributed by atoms with Gasteiger partial charge in [0.1, 0.15) is 11.4 Å². The minimum atomic E-state index is -0.456. The first-order valence-electron chi connectivity index (χ1n) is 9.85. The molecule has 0 atom stereocenters. The number of ether oxygens (including phenoxy) is 1. The molecule has 8 nitrogen and oxygen atoms in total. The molecule has 154 valence electrons. The van der Waals surface area contributed by atoms with Crippen LogP contribution in [0.4, 0.5) is 5.69 Å². The second-order valence-electron chi connectivity index (χ2n) is 7.19. The van der Waals surface area contributed by atoms with Crippen LogP contribution in [0.15, 0.2) is 54.6 Å². The molecule has 0 saturated carbocycles. The van der Waals surface area contributed by atoms with E-state index in [1.54, 1.807) is 25.3 Å². The van der Waals surface area contributed by atoms with E-state index in [4.69, 9.17) is 4.74 Å². The minimum Gasteiger partial charge on any atom is -0.497 e. The molecule has 0 N–H and O–H groups in total. The van der Waals surface area contributed by atoms with Gasteiger partial charge in [-0.15, -0.1) is 0 Å². The summed E-state index contributed by atoms with van der Waals surface area (Å²) in [6, 6.07) is 15.3. The van der Waals surface area contributed by atoms with E-state index < -0.39 is 4.92 Å². The Morgan fingerprint density at radius 1 is 1.07 bits per heavy atom. The van der Waals surface area contributed by atoms with Gasteiger partial charge in [-0.05, 0) is 43.5 Å². The number of carbonyl (C=O) groups excluding carboxylic acids is 1. The van der Waals surface area contributed by atoms with Crippen LogP contribution in [-0.2, 0) is 0 Å². The fourth-order valence-electron chi connectivity index (χ4n) is 3.65. The number of hydrogen-bond acceptors (Lipinski definition) is 5. The van der Waals surface area contributed by atoms with Gasteiger partial charge in [0.15, 0.2) is 0 Å². The van der Waals surface area contributed by atoms with Crippen molar-refractivity contribution in [2.24, 2.45) is 0 Å². The topological polar surface area (TPSA) is 90.5 Å². The summed E-state index contributed by atoms with van der Waals surface area (Å²) in [5.41, 5.74) is 2.20. The van der Waals surface area contributed by atoms with E-state index in [1.165, 1.54) is 16.8 Å². The zero-order valence-corrected chi connectivity index (χ0v) is 16.7. The lowest BCUT2D eigenvalue weighted by molar-refractivity contribution is -0.384. The molecular weight excluding hydrogens is 384 g/mol. The van der Waals surface area contributed by atoms with Gasteiger partial charge >= 0.3 is 0 Å². The molecule has 1 aliphatic heterocycles. The van der Waals surface area contributed by atoms with E-state index in [2.05, 4.69) is 5.10 Å². The zero-order valence-electron chi connectivity index (χ0n) is 16.7. The Balaban J connectivity index is 1.82. The predicted molar refractivity (Wildman–Crippen MR) is 112 cm³/mol. The number of rotatable bonds is 5. The van der Waals surface area contributed by atoms with Crippen LogP contribution in [0.2, 0.25) is 0 Å². The van der Waals surface area contributed by atoms with Crippen LogP contribution in [-0.4, -0.2) is 45.7 Å². The molecule has 0 radical (unpaired) electrons. The lowest BCUT2D eigenvalue weighted by Crippen LogP contribution is -2.36. The lowest BCUT2D eigenvalue weighted by Gasteiger charge is -2.26. The van der Waals surface area contributed by atoms with Gasteiger partial charge in [0.25, 0.3) is 11.6 Å². The fraction of sp³-hybridized carbons (Fsp3) is 0.273. The zero-order chi connectivity index (χ0) is 21.1. The molecule has 0 unspecified atom stereocenters. The molecule has 8 heteroatoms. The number of carbonyl (C=O) groups is 1. The first-order valence-corrected chi connectivity index (χ1v) is 9.85. The number of nitro groups is 1. The van der Waals surface area contributed by atoms with Crippen molar-refractivity contribution in [3.8, 4) is 22.7 Å². The summed E-state index contributed by atoms with van der Waals surface area (Å²) in [6.45, 7) is 1.40. The molecule has 1 aliphatic rings. The number of non-ortho nitro benzene ring substituents is 1. The number of hydrogen-bond donors (Lipinski definition) is 0. The molecule has 30 heavy (non-hydrogen) atoms. The molecule has 1 saturated heterocycles. The number of nitro benzene ring substituents is 1. The van der Waals surface area contributed by atoms with Gasteiger partial charge in [-0.3, -0.25) is 14.9 Å². The van der Waals surface area contributed by atoms with Crippen LogP contribution in [0.5, 0.6) is 5.75 Å². The Bertz CT molecular complexity index is 1090. The number of benzene rings is 2. The summed E-state index contributed by atoms with van der Waals surface area (Å²) in [7, 11) is 1.59. The van der Waals surface area contributed by atoms with E-state index >= 15 is 0 Å². The van der Waals surface area contributed by atoms with Gasteiger partial charge in [-0.1, -0.05) is 18.2 Å². The largest absolute Gasteiger partial charge is 0.497 e. The molecule has 4 rings (SSSR count). The molecule has 1 amide bonds. The van der Waals surface area contributed by atoms with Gasteiger partial charge in [-0.2, -0.15) is 5.10 Å². The third kappa shape index (κ3) is 3.89. The standard InChI is InChI=1S/C22H22N4O4/c1-30-19-10-5-7-16(13-19)20-15-21(22(27)24-11-3-2-4-12-24)25(23-20)17-8-6-9-18(14-17)26(28)29/h5-10,13-15H,2-4,11-12H2,1H3. The van der Waals surface area contributed by atoms with Crippen LogP contribution >= 0.6 is 0 Å². The Morgan fingerprint density at radius 3 is 2.57 bits per heavy atom. The minimum absolute atomic E-state index is 0.0534. The molecule has 2 aromatic carbocycles. The molecule has 0 bridgehead atoms. The Hall–Kier alpha value is -3.68. The van der Waals surface area contributed by atoms with Crippen LogP contribution in [0.3, 0.4) is 0 Å². The van der Waals surface area contributed by atoms with Crippen molar-refractivity contribution >= 4 is 11.6 Å². The van der Waals surface area contributed by atoms with Crippen molar-refractivity contribution in [1.82, 2.24) is 14.7 Å². The third-order valence-electron chi connectivity index (χ3n) is 5.22. The van der Waals surface area contributed by atoms with E-state index in [0.717, 1.165) is 24.8 Å². The van der Waals surface area contributed by atoms with Crippen molar-refractivity contribution in [3.05, 3.63) is 70.4 Å². The molecule has 0 aliphatic carbocycles. The smallest absolute Gasteiger partial charge is 0.272 e. The number of piperidine rings is 1. The van der Waals surface area contributed by atoms with Crippen LogP contribution in [0, 0.1) is 10.1 Å². The van der Waals surface area contributed by atoms with Crippen molar-refractivity contribution in [2.75, 3.05) is 20.2 Å². The predicted octanol–water partition coefficient (Wildman–Crippen LogP) is 4.08. The van der Waals surface area contributed by atoms with Gasteiger partial charge in [0.05, 0.1) is 23.4 Å². The lowest BCUT2D eigenvalue weighted by atomic mass is 10.1. The molecule has 1 aromatic heterocycles. The second kappa shape index (κ2) is 8.36. The summed E-state index contributed by atoms with van der Waals surface area (Å²) in [4.78, 5) is 25.9. The first-order chi connectivity index (χ1) is 14.6. The van der Waals surface area contributed by atoms with Crippen molar-refractivity contribution < 1.29 is 14.5 Å².